The molecule has 0 aromatic carbocycles. The van der Waals surface area contributed by atoms with Gasteiger partial charge in [0.25, 0.3) is 0 Å². The minimum absolute atomic E-state index is 0.269. The average molecular weight is 447 g/mol. The van der Waals surface area contributed by atoms with Crippen molar-refractivity contribution in [3.63, 3.8) is 0 Å². The second-order valence-corrected chi connectivity index (χ2v) is 10.7. The number of piperidine rings is 1. The molecule has 0 radical (unpaired) electrons. The SMILES string of the molecule is CCc1cc([C@]23C[C@H]2CN(CCC2CCC(CC(=O)c4cccn5nccc45)CC2)C3)no1. The monoisotopic (exact) mass is 446 g/mol. The summed E-state index contributed by atoms with van der Waals surface area (Å²) in [5.41, 5.74) is 3.22. The van der Waals surface area contributed by atoms with Crippen molar-refractivity contribution in [3.05, 3.63) is 53.7 Å². The van der Waals surface area contributed by atoms with Gasteiger partial charge < -0.3 is 9.42 Å². The summed E-state index contributed by atoms with van der Waals surface area (Å²) in [6.45, 7) is 5.70. The quantitative estimate of drug-likeness (QED) is 0.459. The van der Waals surface area contributed by atoms with Crippen molar-refractivity contribution in [1.29, 1.82) is 0 Å². The number of rotatable bonds is 8. The van der Waals surface area contributed by atoms with Gasteiger partial charge in [0.2, 0.25) is 0 Å². The fourth-order valence-corrected chi connectivity index (χ4v) is 6.52. The maximum atomic E-state index is 12.9. The molecule has 3 aromatic rings. The number of carbonyl (C=O) groups is 1. The second kappa shape index (κ2) is 8.39. The summed E-state index contributed by atoms with van der Waals surface area (Å²) >= 11 is 0. The molecule has 2 aliphatic carbocycles. The van der Waals surface area contributed by atoms with E-state index in [9.17, 15) is 4.79 Å². The van der Waals surface area contributed by atoms with E-state index >= 15 is 0 Å². The van der Waals surface area contributed by atoms with Crippen LogP contribution in [0.3, 0.4) is 0 Å². The molecule has 174 valence electrons. The molecule has 2 atom stereocenters. The predicted octanol–water partition coefficient (Wildman–Crippen LogP) is 4.93. The van der Waals surface area contributed by atoms with E-state index in [1.165, 1.54) is 57.3 Å². The first kappa shape index (κ1) is 21.1. The first-order valence-electron chi connectivity index (χ1n) is 12.8. The Hall–Kier alpha value is -2.47. The van der Waals surface area contributed by atoms with Crippen LogP contribution in [0.5, 0.6) is 0 Å². The third kappa shape index (κ3) is 3.92. The molecule has 0 unspecified atom stereocenters. The largest absolute Gasteiger partial charge is 0.361 e. The highest BCUT2D eigenvalue weighted by atomic mass is 16.5. The second-order valence-electron chi connectivity index (χ2n) is 10.7. The van der Waals surface area contributed by atoms with Crippen molar-refractivity contribution in [2.24, 2.45) is 17.8 Å². The molecule has 6 rings (SSSR count). The van der Waals surface area contributed by atoms with Gasteiger partial charge in [-0.2, -0.15) is 5.10 Å². The van der Waals surface area contributed by atoms with Gasteiger partial charge in [0.1, 0.15) is 5.76 Å². The van der Waals surface area contributed by atoms with Gasteiger partial charge in [0.05, 0.1) is 17.4 Å². The maximum absolute atomic E-state index is 12.9. The Morgan fingerprint density at radius 3 is 2.88 bits per heavy atom. The van der Waals surface area contributed by atoms with E-state index in [1.54, 1.807) is 10.7 Å². The molecule has 0 bridgehead atoms. The smallest absolute Gasteiger partial charge is 0.165 e. The van der Waals surface area contributed by atoms with Gasteiger partial charge in [-0.1, -0.05) is 24.9 Å². The number of aromatic nitrogens is 3. The fourth-order valence-electron chi connectivity index (χ4n) is 6.52. The van der Waals surface area contributed by atoms with Crippen LogP contribution in [0.25, 0.3) is 5.52 Å². The lowest BCUT2D eigenvalue weighted by atomic mass is 9.78. The summed E-state index contributed by atoms with van der Waals surface area (Å²) in [6.07, 6.45) is 12.7. The summed E-state index contributed by atoms with van der Waals surface area (Å²) in [6, 6.07) is 7.99. The molecular weight excluding hydrogens is 412 g/mol. The van der Waals surface area contributed by atoms with E-state index in [0.717, 1.165) is 41.6 Å². The highest BCUT2D eigenvalue weighted by Gasteiger charge is 2.62. The topological polar surface area (TPSA) is 63.6 Å². The standard InChI is InChI=1S/C27H34N4O2/c1-2-22-15-26(29-33-22)27-16-21(27)17-30(18-27)13-10-19-5-7-20(8-6-19)14-25(32)23-4-3-12-31-24(23)9-11-28-31/h3-4,9,11-12,15,19-21H,2,5-8,10,13-14,16-18H2,1H3/t19?,20?,21-,27-/m0/s1. The molecule has 3 aliphatic rings. The first-order chi connectivity index (χ1) is 16.1. The van der Waals surface area contributed by atoms with Crippen LogP contribution in [0.2, 0.25) is 0 Å². The molecular formula is C27H34N4O2. The van der Waals surface area contributed by atoms with E-state index in [0.29, 0.717) is 12.3 Å². The van der Waals surface area contributed by atoms with Crippen LogP contribution in [0.15, 0.2) is 41.2 Å². The molecule has 0 N–H and O–H groups in total. The lowest BCUT2D eigenvalue weighted by molar-refractivity contribution is 0.0941. The summed E-state index contributed by atoms with van der Waals surface area (Å²) in [4.78, 5) is 15.6. The van der Waals surface area contributed by atoms with E-state index < -0.39 is 0 Å². The molecule has 1 saturated heterocycles. The van der Waals surface area contributed by atoms with Gasteiger partial charge in [-0.15, -0.1) is 0 Å². The van der Waals surface area contributed by atoms with Crippen LogP contribution in [0.1, 0.15) is 73.7 Å². The molecule has 4 heterocycles. The zero-order valence-electron chi connectivity index (χ0n) is 19.6. The van der Waals surface area contributed by atoms with Crippen LogP contribution in [0.4, 0.5) is 0 Å². The number of Topliss-reactive ketones (excluding diaryl/α,β-unsaturated/α-hetero) is 1. The molecule has 0 spiro atoms. The van der Waals surface area contributed by atoms with Gasteiger partial charge in [-0.3, -0.25) is 4.79 Å². The van der Waals surface area contributed by atoms with Crippen LogP contribution in [-0.4, -0.2) is 45.1 Å². The van der Waals surface area contributed by atoms with Gasteiger partial charge >= 0.3 is 0 Å². The molecule has 3 aromatic heterocycles. The van der Waals surface area contributed by atoms with Gasteiger partial charge in [-0.25, -0.2) is 4.52 Å². The van der Waals surface area contributed by atoms with E-state index in [2.05, 4.69) is 28.1 Å². The Kier molecular flexibility index (Phi) is 5.36. The van der Waals surface area contributed by atoms with Gasteiger partial charge in [0, 0.05) is 49.2 Å². The van der Waals surface area contributed by atoms with Crippen molar-refractivity contribution >= 4 is 11.3 Å². The molecule has 6 heteroatoms. The molecule has 2 saturated carbocycles. The van der Waals surface area contributed by atoms with E-state index in [-0.39, 0.29) is 11.2 Å². The summed E-state index contributed by atoms with van der Waals surface area (Å²) in [5, 5.41) is 8.66. The molecule has 3 fully saturated rings. The summed E-state index contributed by atoms with van der Waals surface area (Å²) < 4.78 is 7.29. The average Bonchev–Trinajstić information content (AvgIpc) is 3.28. The number of aryl methyl sites for hydroxylation is 1. The fraction of sp³-hybridized carbons (Fsp3) is 0.593. The van der Waals surface area contributed by atoms with Crippen LogP contribution in [0, 0.1) is 17.8 Å². The lowest BCUT2D eigenvalue weighted by Gasteiger charge is -2.30. The molecule has 6 nitrogen and oxygen atoms in total. The maximum Gasteiger partial charge on any atom is 0.165 e. The third-order valence-corrected chi connectivity index (χ3v) is 8.66. The minimum atomic E-state index is 0.269. The molecule has 0 amide bonds. The number of carbonyl (C=O) groups excluding carboxylic acids is 1. The number of likely N-dealkylation sites (tertiary alicyclic amines) is 1. The highest BCUT2D eigenvalue weighted by molar-refractivity contribution is 6.02. The first-order valence-corrected chi connectivity index (χ1v) is 12.8. The lowest BCUT2D eigenvalue weighted by Crippen LogP contribution is -2.29. The minimum Gasteiger partial charge on any atom is -0.361 e. The Labute approximate surface area is 195 Å². The predicted molar refractivity (Wildman–Crippen MR) is 126 cm³/mol. The van der Waals surface area contributed by atoms with Crippen molar-refractivity contribution in [2.75, 3.05) is 19.6 Å². The Morgan fingerprint density at radius 1 is 1.21 bits per heavy atom. The Bertz CT molecular complexity index is 1140. The Balaban J connectivity index is 0.966. The van der Waals surface area contributed by atoms with E-state index in [4.69, 9.17) is 4.52 Å². The van der Waals surface area contributed by atoms with Crippen molar-refractivity contribution in [2.45, 2.75) is 63.7 Å². The number of nitrogens with zero attached hydrogens (tertiary/aromatic N) is 4. The van der Waals surface area contributed by atoms with Crippen LogP contribution in [-0.2, 0) is 11.8 Å². The van der Waals surface area contributed by atoms with E-state index in [1.807, 2.05) is 24.4 Å². The van der Waals surface area contributed by atoms with Crippen molar-refractivity contribution in [1.82, 2.24) is 19.7 Å². The van der Waals surface area contributed by atoms with Crippen molar-refractivity contribution in [3.8, 4) is 0 Å². The Morgan fingerprint density at radius 2 is 2.06 bits per heavy atom. The van der Waals surface area contributed by atoms with Crippen LogP contribution >= 0.6 is 0 Å². The number of pyridine rings is 1. The number of fused-ring (bicyclic) bond motifs is 2. The number of hydrogen-bond donors (Lipinski definition) is 0. The zero-order chi connectivity index (χ0) is 22.4. The number of hydrogen-bond acceptors (Lipinski definition) is 5. The number of ketones is 1. The summed E-state index contributed by atoms with van der Waals surface area (Å²) in [5.74, 6) is 3.39. The van der Waals surface area contributed by atoms with Crippen molar-refractivity contribution < 1.29 is 9.32 Å². The van der Waals surface area contributed by atoms with Gasteiger partial charge in [0.15, 0.2) is 5.78 Å². The normalized spacial score (nSPS) is 29.4. The third-order valence-electron chi connectivity index (χ3n) is 8.66. The molecule has 1 aliphatic heterocycles. The van der Waals surface area contributed by atoms with Gasteiger partial charge in [-0.05, 0) is 68.2 Å². The zero-order valence-corrected chi connectivity index (χ0v) is 19.6. The highest BCUT2D eigenvalue weighted by Crippen LogP contribution is 2.58. The van der Waals surface area contributed by atoms with Crippen LogP contribution < -0.4 is 0 Å². The summed E-state index contributed by atoms with van der Waals surface area (Å²) in [7, 11) is 0. The molecule has 33 heavy (non-hydrogen) atoms.